The molecule has 74 valence electrons. The average Bonchev–Trinajstić information content (AvgIpc) is 2.49. The second-order valence-corrected chi connectivity index (χ2v) is 3.47. The van der Waals surface area contributed by atoms with E-state index < -0.39 is 0 Å². The maximum Gasteiger partial charge on any atom is 0.197 e. The van der Waals surface area contributed by atoms with Crippen molar-refractivity contribution in [3.63, 3.8) is 0 Å². The molecule has 1 aromatic heterocycles. The van der Waals surface area contributed by atoms with Crippen molar-refractivity contribution in [1.82, 2.24) is 15.2 Å². The van der Waals surface area contributed by atoms with Gasteiger partial charge in [-0.25, -0.2) is 4.99 Å². The van der Waals surface area contributed by atoms with Crippen LogP contribution >= 0.6 is 12.2 Å². The summed E-state index contributed by atoms with van der Waals surface area (Å²) in [5.41, 5.74) is 6.60. The second kappa shape index (κ2) is 3.30. The minimum atomic E-state index is -0.191. The van der Waals surface area contributed by atoms with Crippen molar-refractivity contribution < 1.29 is 0 Å². The number of guanidine groups is 1. The van der Waals surface area contributed by atoms with Gasteiger partial charge in [0.1, 0.15) is 0 Å². The monoisotopic (exact) mass is 209 g/mol. The lowest BCUT2D eigenvalue weighted by atomic mass is 10.3. The first kappa shape index (κ1) is 9.01. The highest BCUT2D eigenvalue weighted by Gasteiger charge is 2.18. The van der Waals surface area contributed by atoms with Crippen LogP contribution in [0.2, 0.25) is 0 Å². The molecule has 6 heteroatoms. The molecule has 0 fully saturated rings. The van der Waals surface area contributed by atoms with Gasteiger partial charge in [-0.2, -0.15) is 0 Å². The lowest BCUT2D eigenvalue weighted by Gasteiger charge is -2.23. The molecule has 1 atom stereocenters. The third kappa shape index (κ3) is 1.56. The average molecular weight is 209 g/mol. The van der Waals surface area contributed by atoms with Crippen LogP contribution in [0.1, 0.15) is 11.9 Å². The fourth-order valence-corrected chi connectivity index (χ4v) is 1.59. The van der Waals surface area contributed by atoms with Crippen molar-refractivity contribution >= 4 is 23.3 Å². The van der Waals surface area contributed by atoms with Crippen molar-refractivity contribution in [2.75, 3.05) is 0 Å². The lowest BCUT2D eigenvalue weighted by Crippen LogP contribution is -2.49. The fourth-order valence-electron chi connectivity index (χ4n) is 1.38. The van der Waals surface area contributed by atoms with Gasteiger partial charge in [0.05, 0.1) is 5.69 Å². The molecule has 4 N–H and O–H groups in total. The molecular formula is C8H11N5S. The SMILES string of the molecule is Cn1cccc1C1N=C(N)NC(=S)N1. The Morgan fingerprint density at radius 1 is 1.64 bits per heavy atom. The third-order valence-corrected chi connectivity index (χ3v) is 2.26. The van der Waals surface area contributed by atoms with Gasteiger partial charge in [-0.1, -0.05) is 0 Å². The Labute approximate surface area is 87.0 Å². The van der Waals surface area contributed by atoms with Gasteiger partial charge in [-0.05, 0) is 24.4 Å². The van der Waals surface area contributed by atoms with Crippen molar-refractivity contribution in [1.29, 1.82) is 0 Å². The highest BCUT2D eigenvalue weighted by atomic mass is 32.1. The fraction of sp³-hybridized carbons (Fsp3) is 0.250. The zero-order chi connectivity index (χ0) is 10.1. The highest BCUT2D eigenvalue weighted by Crippen LogP contribution is 2.15. The molecule has 0 aliphatic carbocycles. The molecule has 0 bridgehead atoms. The van der Waals surface area contributed by atoms with Gasteiger partial charge in [-0.15, -0.1) is 0 Å². The third-order valence-electron chi connectivity index (χ3n) is 2.04. The van der Waals surface area contributed by atoms with Gasteiger partial charge >= 0.3 is 0 Å². The topological polar surface area (TPSA) is 67.4 Å². The molecule has 2 rings (SSSR count). The number of rotatable bonds is 1. The summed E-state index contributed by atoms with van der Waals surface area (Å²) < 4.78 is 1.97. The van der Waals surface area contributed by atoms with E-state index in [-0.39, 0.29) is 6.17 Å². The molecule has 0 saturated heterocycles. The van der Waals surface area contributed by atoms with Crippen molar-refractivity contribution in [2.24, 2.45) is 17.8 Å². The number of aryl methyl sites for hydroxylation is 1. The van der Waals surface area contributed by atoms with Gasteiger partial charge in [0.2, 0.25) is 0 Å². The van der Waals surface area contributed by atoms with Crippen LogP contribution in [-0.4, -0.2) is 15.6 Å². The predicted octanol–water partition coefficient (Wildman–Crippen LogP) is -0.184. The van der Waals surface area contributed by atoms with Gasteiger partial charge in [0.25, 0.3) is 0 Å². The number of aliphatic imine (C=N–C) groups is 1. The van der Waals surface area contributed by atoms with Crippen LogP contribution in [0.25, 0.3) is 0 Å². The number of thiocarbonyl (C=S) groups is 1. The molecular weight excluding hydrogens is 198 g/mol. The number of hydrogen-bond donors (Lipinski definition) is 3. The van der Waals surface area contributed by atoms with Gasteiger partial charge in [0, 0.05) is 13.2 Å². The summed E-state index contributed by atoms with van der Waals surface area (Å²) in [6.07, 6.45) is 1.76. The van der Waals surface area contributed by atoms with Crippen LogP contribution in [0, 0.1) is 0 Å². The predicted molar refractivity (Wildman–Crippen MR) is 58.6 cm³/mol. The Kier molecular flexibility index (Phi) is 2.12. The molecule has 5 nitrogen and oxygen atoms in total. The van der Waals surface area contributed by atoms with Crippen LogP contribution in [-0.2, 0) is 7.05 Å². The molecule has 1 aromatic rings. The maximum atomic E-state index is 5.57. The van der Waals surface area contributed by atoms with E-state index in [0.717, 1.165) is 5.69 Å². The normalized spacial score (nSPS) is 21.1. The smallest absolute Gasteiger partial charge is 0.197 e. The summed E-state index contributed by atoms with van der Waals surface area (Å²) in [5, 5.41) is 6.25. The number of aromatic nitrogens is 1. The Morgan fingerprint density at radius 2 is 2.43 bits per heavy atom. The summed E-state index contributed by atoms with van der Waals surface area (Å²) in [6, 6.07) is 3.93. The van der Waals surface area contributed by atoms with Crippen LogP contribution in [0.3, 0.4) is 0 Å². The Morgan fingerprint density at radius 3 is 3.00 bits per heavy atom. The summed E-state index contributed by atoms with van der Waals surface area (Å²) >= 11 is 4.98. The zero-order valence-electron chi connectivity index (χ0n) is 7.69. The number of nitrogens with one attached hydrogen (secondary N) is 2. The molecule has 2 heterocycles. The van der Waals surface area contributed by atoms with E-state index >= 15 is 0 Å². The Hall–Kier alpha value is -1.56. The van der Waals surface area contributed by atoms with Crippen LogP contribution in [0.5, 0.6) is 0 Å². The summed E-state index contributed by atoms with van der Waals surface area (Å²) in [5.74, 6) is 0.347. The zero-order valence-corrected chi connectivity index (χ0v) is 8.51. The number of hydrogen-bond acceptors (Lipinski definition) is 3. The van der Waals surface area contributed by atoms with Crippen molar-refractivity contribution in [2.45, 2.75) is 6.17 Å². The largest absolute Gasteiger partial charge is 0.370 e. The first-order valence-corrected chi connectivity index (χ1v) is 4.59. The summed E-state index contributed by atoms with van der Waals surface area (Å²) in [7, 11) is 1.95. The first-order valence-electron chi connectivity index (χ1n) is 4.19. The summed E-state index contributed by atoms with van der Waals surface area (Å²) in [6.45, 7) is 0. The molecule has 0 aromatic carbocycles. The minimum Gasteiger partial charge on any atom is -0.370 e. The van der Waals surface area contributed by atoms with E-state index in [1.54, 1.807) is 0 Å². The van der Waals surface area contributed by atoms with Crippen LogP contribution in [0.4, 0.5) is 0 Å². The van der Waals surface area contributed by atoms with Gasteiger partial charge < -0.3 is 20.9 Å². The Bertz CT molecular complexity index is 394. The second-order valence-electron chi connectivity index (χ2n) is 3.06. The minimum absolute atomic E-state index is 0.191. The molecule has 0 amide bonds. The van der Waals surface area contributed by atoms with Crippen molar-refractivity contribution in [3.8, 4) is 0 Å². The van der Waals surface area contributed by atoms with E-state index in [4.69, 9.17) is 18.0 Å². The van der Waals surface area contributed by atoms with Crippen LogP contribution < -0.4 is 16.4 Å². The molecule has 0 saturated carbocycles. The molecule has 0 radical (unpaired) electrons. The van der Waals surface area contributed by atoms with E-state index in [1.165, 1.54) is 0 Å². The quantitative estimate of drug-likeness (QED) is 0.561. The first-order chi connectivity index (χ1) is 6.66. The summed E-state index contributed by atoms with van der Waals surface area (Å²) in [4.78, 5) is 4.20. The van der Waals surface area contributed by atoms with Gasteiger partial charge in [-0.3, -0.25) is 0 Å². The maximum absolute atomic E-state index is 5.57. The van der Waals surface area contributed by atoms with E-state index in [9.17, 15) is 0 Å². The van der Waals surface area contributed by atoms with E-state index in [0.29, 0.717) is 11.1 Å². The highest BCUT2D eigenvalue weighted by molar-refractivity contribution is 7.80. The van der Waals surface area contributed by atoms with Crippen molar-refractivity contribution in [3.05, 3.63) is 24.0 Å². The van der Waals surface area contributed by atoms with Gasteiger partial charge in [0.15, 0.2) is 17.2 Å². The van der Waals surface area contributed by atoms with E-state index in [1.807, 2.05) is 29.9 Å². The molecule has 1 aliphatic heterocycles. The standard InChI is InChI=1S/C8H11N5S/c1-13-4-2-3-5(13)6-10-7(9)12-8(14)11-6/h2-4,6H,1H3,(H4,9,10,11,12,14). The molecule has 14 heavy (non-hydrogen) atoms. The number of nitrogens with zero attached hydrogens (tertiary/aromatic N) is 2. The Balaban J connectivity index is 2.32. The van der Waals surface area contributed by atoms with E-state index in [2.05, 4.69) is 15.6 Å². The lowest BCUT2D eigenvalue weighted by molar-refractivity contribution is 0.610. The molecule has 1 unspecified atom stereocenters. The molecule has 0 spiro atoms. The number of nitrogens with two attached hydrogens (primary N) is 1. The van der Waals surface area contributed by atoms with Crippen LogP contribution in [0.15, 0.2) is 23.3 Å². The molecule has 1 aliphatic rings.